The molecule has 0 radical (unpaired) electrons. The van der Waals surface area contributed by atoms with Crippen molar-refractivity contribution >= 4 is 11.8 Å². The molecule has 0 amide bonds. The van der Waals surface area contributed by atoms with E-state index in [1.54, 1.807) is 23.9 Å². The first-order valence-corrected chi connectivity index (χ1v) is 6.08. The average Bonchev–Trinajstić information content (AvgIpc) is 2.19. The lowest BCUT2D eigenvalue weighted by Gasteiger charge is -2.20. The Labute approximate surface area is 94.1 Å². The van der Waals surface area contributed by atoms with E-state index in [0.717, 1.165) is 10.6 Å². The third-order valence-electron chi connectivity index (χ3n) is 2.28. The first kappa shape index (κ1) is 12.5. The standard InChI is InChI=1S/C12H16F2S/c1-4-15-11-7-5-10(6-8-11)12(13,14)9(2)3/h5-9H,4H2,1-3H3. The molecule has 0 spiro atoms. The zero-order valence-corrected chi connectivity index (χ0v) is 10.1. The fraction of sp³-hybridized carbons (Fsp3) is 0.500. The highest BCUT2D eigenvalue weighted by Crippen LogP contribution is 2.36. The monoisotopic (exact) mass is 230 g/mol. The summed E-state index contributed by atoms with van der Waals surface area (Å²) in [6.07, 6.45) is 0. The number of thioether (sulfide) groups is 1. The SMILES string of the molecule is CCSc1ccc(C(F)(F)C(C)C)cc1. The number of halogens is 2. The van der Waals surface area contributed by atoms with Gasteiger partial charge >= 0.3 is 0 Å². The van der Waals surface area contributed by atoms with Gasteiger partial charge in [0.05, 0.1) is 0 Å². The lowest BCUT2D eigenvalue weighted by Crippen LogP contribution is -2.20. The molecule has 0 bridgehead atoms. The molecule has 0 unspecified atom stereocenters. The first-order valence-electron chi connectivity index (χ1n) is 5.09. The van der Waals surface area contributed by atoms with E-state index < -0.39 is 11.8 Å². The predicted octanol–water partition coefficient (Wildman–Crippen LogP) is 4.55. The number of hydrogen-bond donors (Lipinski definition) is 0. The van der Waals surface area contributed by atoms with Gasteiger partial charge in [-0.3, -0.25) is 0 Å². The minimum absolute atomic E-state index is 0.109. The molecular weight excluding hydrogens is 214 g/mol. The van der Waals surface area contributed by atoms with Crippen molar-refractivity contribution in [2.45, 2.75) is 31.6 Å². The Hall–Kier alpha value is -0.570. The maximum atomic E-state index is 13.6. The van der Waals surface area contributed by atoms with Crippen molar-refractivity contribution in [1.82, 2.24) is 0 Å². The Morgan fingerprint density at radius 1 is 1.20 bits per heavy atom. The van der Waals surface area contributed by atoms with E-state index in [-0.39, 0.29) is 5.56 Å². The molecule has 0 aliphatic rings. The Morgan fingerprint density at radius 3 is 2.13 bits per heavy atom. The maximum Gasteiger partial charge on any atom is 0.275 e. The summed E-state index contributed by atoms with van der Waals surface area (Å²) < 4.78 is 27.2. The van der Waals surface area contributed by atoms with Crippen LogP contribution in [-0.4, -0.2) is 5.75 Å². The van der Waals surface area contributed by atoms with E-state index in [4.69, 9.17) is 0 Å². The third-order valence-corrected chi connectivity index (χ3v) is 3.17. The van der Waals surface area contributed by atoms with Crippen LogP contribution in [0.2, 0.25) is 0 Å². The lowest BCUT2D eigenvalue weighted by molar-refractivity contribution is -0.0514. The number of rotatable bonds is 4. The molecule has 1 aromatic carbocycles. The average molecular weight is 230 g/mol. The van der Waals surface area contributed by atoms with Crippen LogP contribution in [0.1, 0.15) is 26.3 Å². The summed E-state index contributed by atoms with van der Waals surface area (Å²) in [5.41, 5.74) is 0.109. The van der Waals surface area contributed by atoms with Crippen LogP contribution < -0.4 is 0 Å². The van der Waals surface area contributed by atoms with Crippen LogP contribution in [0.15, 0.2) is 29.2 Å². The second kappa shape index (κ2) is 4.97. The van der Waals surface area contributed by atoms with Crippen molar-refractivity contribution in [2.75, 3.05) is 5.75 Å². The molecular formula is C12H16F2S. The highest BCUT2D eigenvalue weighted by molar-refractivity contribution is 7.99. The molecule has 1 rings (SSSR count). The van der Waals surface area contributed by atoms with Gasteiger partial charge in [-0.2, -0.15) is 0 Å². The second-order valence-electron chi connectivity index (χ2n) is 3.74. The van der Waals surface area contributed by atoms with Crippen LogP contribution in [0.4, 0.5) is 8.78 Å². The van der Waals surface area contributed by atoms with Crippen LogP contribution in [0, 0.1) is 5.92 Å². The Balaban J connectivity index is 2.88. The van der Waals surface area contributed by atoms with Crippen LogP contribution in [0.5, 0.6) is 0 Å². The largest absolute Gasteiger partial charge is 0.275 e. The molecule has 0 fully saturated rings. The van der Waals surface area contributed by atoms with Crippen molar-refractivity contribution in [2.24, 2.45) is 5.92 Å². The molecule has 0 aromatic heterocycles. The van der Waals surface area contributed by atoms with E-state index in [1.165, 1.54) is 26.0 Å². The summed E-state index contributed by atoms with van der Waals surface area (Å²) in [4.78, 5) is 1.04. The molecule has 0 atom stereocenters. The Bertz CT molecular complexity index is 304. The van der Waals surface area contributed by atoms with Crippen molar-refractivity contribution in [3.05, 3.63) is 29.8 Å². The van der Waals surface area contributed by atoms with Gasteiger partial charge in [-0.25, -0.2) is 8.78 Å². The summed E-state index contributed by atoms with van der Waals surface area (Å²) in [7, 11) is 0. The summed E-state index contributed by atoms with van der Waals surface area (Å²) >= 11 is 1.66. The first-order chi connectivity index (χ1) is 6.98. The van der Waals surface area contributed by atoms with Gasteiger partial charge in [0.2, 0.25) is 0 Å². The van der Waals surface area contributed by atoms with Gasteiger partial charge in [0.25, 0.3) is 5.92 Å². The number of benzene rings is 1. The van der Waals surface area contributed by atoms with Crippen molar-refractivity contribution < 1.29 is 8.78 Å². The van der Waals surface area contributed by atoms with Crippen molar-refractivity contribution in [1.29, 1.82) is 0 Å². The van der Waals surface area contributed by atoms with Crippen LogP contribution >= 0.6 is 11.8 Å². The fourth-order valence-electron chi connectivity index (χ4n) is 1.27. The van der Waals surface area contributed by atoms with Gasteiger partial charge < -0.3 is 0 Å². The van der Waals surface area contributed by atoms with Gasteiger partial charge in [0.1, 0.15) is 0 Å². The lowest BCUT2D eigenvalue weighted by atomic mass is 9.98. The highest BCUT2D eigenvalue weighted by atomic mass is 32.2. The number of hydrogen-bond acceptors (Lipinski definition) is 1. The molecule has 0 aliphatic heterocycles. The van der Waals surface area contributed by atoms with Crippen molar-refractivity contribution in [3.8, 4) is 0 Å². The fourth-order valence-corrected chi connectivity index (χ4v) is 1.94. The highest BCUT2D eigenvalue weighted by Gasteiger charge is 2.35. The van der Waals surface area contributed by atoms with Crippen molar-refractivity contribution in [3.63, 3.8) is 0 Å². The molecule has 0 saturated heterocycles. The van der Waals surface area contributed by atoms with Gasteiger partial charge in [0, 0.05) is 16.4 Å². The van der Waals surface area contributed by atoms with E-state index in [1.807, 2.05) is 6.92 Å². The number of alkyl halides is 2. The van der Waals surface area contributed by atoms with E-state index in [2.05, 4.69) is 0 Å². The van der Waals surface area contributed by atoms with E-state index >= 15 is 0 Å². The van der Waals surface area contributed by atoms with Crippen LogP contribution in [0.3, 0.4) is 0 Å². The van der Waals surface area contributed by atoms with Gasteiger partial charge in [-0.15, -0.1) is 11.8 Å². The molecule has 0 nitrogen and oxygen atoms in total. The molecule has 0 heterocycles. The molecule has 0 N–H and O–H groups in total. The third kappa shape index (κ3) is 2.94. The molecule has 0 aliphatic carbocycles. The molecule has 0 saturated carbocycles. The van der Waals surface area contributed by atoms with E-state index in [0.29, 0.717) is 0 Å². The normalized spacial score (nSPS) is 12.1. The van der Waals surface area contributed by atoms with Crippen LogP contribution in [0.25, 0.3) is 0 Å². The minimum Gasteiger partial charge on any atom is -0.201 e. The Morgan fingerprint density at radius 2 is 1.73 bits per heavy atom. The quantitative estimate of drug-likeness (QED) is 0.684. The van der Waals surface area contributed by atoms with Gasteiger partial charge in [-0.05, 0) is 17.9 Å². The predicted molar refractivity (Wildman–Crippen MR) is 61.6 cm³/mol. The molecule has 84 valence electrons. The Kier molecular flexibility index (Phi) is 4.14. The van der Waals surface area contributed by atoms with Gasteiger partial charge in [0.15, 0.2) is 0 Å². The maximum absolute atomic E-state index is 13.6. The molecule has 3 heteroatoms. The summed E-state index contributed by atoms with van der Waals surface area (Å²) in [5.74, 6) is -2.43. The molecule has 15 heavy (non-hydrogen) atoms. The summed E-state index contributed by atoms with van der Waals surface area (Å²) in [6.45, 7) is 5.12. The summed E-state index contributed by atoms with van der Waals surface area (Å²) in [6, 6.07) is 6.58. The van der Waals surface area contributed by atoms with Crippen LogP contribution in [-0.2, 0) is 5.92 Å². The smallest absolute Gasteiger partial charge is 0.201 e. The molecule has 1 aromatic rings. The minimum atomic E-state index is -2.73. The second-order valence-corrected chi connectivity index (χ2v) is 5.07. The summed E-state index contributed by atoms with van der Waals surface area (Å²) in [5, 5.41) is 0. The zero-order valence-electron chi connectivity index (χ0n) is 9.26. The zero-order chi connectivity index (χ0) is 11.5. The van der Waals surface area contributed by atoms with Gasteiger partial charge in [-0.1, -0.05) is 32.9 Å². The van der Waals surface area contributed by atoms with E-state index in [9.17, 15) is 8.78 Å². The topological polar surface area (TPSA) is 0 Å².